The first-order valence-corrected chi connectivity index (χ1v) is 6.19. The molecule has 0 saturated heterocycles. The molecule has 0 spiro atoms. The molecule has 1 rings (SSSR count). The van der Waals surface area contributed by atoms with E-state index in [1.54, 1.807) is 12.2 Å². The van der Waals surface area contributed by atoms with Gasteiger partial charge in [0.25, 0.3) is 0 Å². The lowest BCUT2D eigenvalue weighted by molar-refractivity contribution is 0.0992. The molecule has 0 N–H and O–H groups in total. The standard InChI is InChI=1S/C15H19F2O/c1-3-4-6-12(2)18-8-5-7-13-9-14(16)11-15(17)10-13/h5,7,9-12H,2-4,6,8H2,1H3. The maximum atomic E-state index is 12.9. The second kappa shape index (κ2) is 7.98. The van der Waals surface area contributed by atoms with Crippen LogP contribution in [0.15, 0.2) is 24.3 Å². The van der Waals surface area contributed by atoms with E-state index in [0.717, 1.165) is 25.3 Å². The summed E-state index contributed by atoms with van der Waals surface area (Å²) in [5.74, 6) is -1.15. The maximum Gasteiger partial charge on any atom is 0.126 e. The maximum absolute atomic E-state index is 12.9. The van der Waals surface area contributed by atoms with Crippen molar-refractivity contribution in [2.75, 3.05) is 6.61 Å². The van der Waals surface area contributed by atoms with Crippen LogP contribution >= 0.6 is 0 Å². The van der Waals surface area contributed by atoms with E-state index in [2.05, 4.69) is 13.8 Å². The molecule has 1 aromatic carbocycles. The largest absolute Gasteiger partial charge is 0.374 e. The number of hydrogen-bond acceptors (Lipinski definition) is 1. The highest BCUT2D eigenvalue weighted by atomic mass is 19.1. The molecule has 1 radical (unpaired) electrons. The van der Waals surface area contributed by atoms with Crippen LogP contribution in [0.25, 0.3) is 6.08 Å². The van der Waals surface area contributed by atoms with Gasteiger partial charge in [-0.1, -0.05) is 31.9 Å². The molecule has 0 fully saturated rings. The Balaban J connectivity index is 2.36. The van der Waals surface area contributed by atoms with Crippen LogP contribution in [-0.4, -0.2) is 12.7 Å². The fourth-order valence-electron chi connectivity index (χ4n) is 1.56. The molecule has 1 atom stereocenters. The number of rotatable bonds is 7. The molecule has 0 aliphatic heterocycles. The minimum atomic E-state index is -0.575. The fourth-order valence-corrected chi connectivity index (χ4v) is 1.56. The highest BCUT2D eigenvalue weighted by Crippen LogP contribution is 2.10. The van der Waals surface area contributed by atoms with Crippen LogP contribution in [0.1, 0.15) is 31.7 Å². The van der Waals surface area contributed by atoms with Crippen LogP contribution in [0.3, 0.4) is 0 Å². The number of unbranched alkanes of at least 4 members (excludes halogenated alkanes) is 1. The molecule has 18 heavy (non-hydrogen) atoms. The van der Waals surface area contributed by atoms with Crippen LogP contribution in [0.5, 0.6) is 0 Å². The first-order chi connectivity index (χ1) is 8.61. The van der Waals surface area contributed by atoms with Gasteiger partial charge in [-0.25, -0.2) is 8.78 Å². The van der Waals surface area contributed by atoms with Crippen molar-refractivity contribution in [3.8, 4) is 0 Å². The number of hydrogen-bond donors (Lipinski definition) is 0. The summed E-state index contributed by atoms with van der Waals surface area (Å²) in [6.45, 7) is 6.39. The summed E-state index contributed by atoms with van der Waals surface area (Å²) in [5, 5.41) is 0. The molecule has 0 amide bonds. The summed E-state index contributed by atoms with van der Waals surface area (Å²) in [5.41, 5.74) is 0.491. The van der Waals surface area contributed by atoms with Gasteiger partial charge in [-0.05, 0) is 31.0 Å². The van der Waals surface area contributed by atoms with Crippen molar-refractivity contribution in [2.45, 2.75) is 32.3 Å². The second-order valence-electron chi connectivity index (χ2n) is 4.20. The number of benzene rings is 1. The highest BCUT2D eigenvalue weighted by Gasteiger charge is 2.00. The van der Waals surface area contributed by atoms with Gasteiger partial charge in [0.05, 0.1) is 12.7 Å². The summed E-state index contributed by atoms with van der Waals surface area (Å²) in [4.78, 5) is 0. The summed E-state index contributed by atoms with van der Waals surface area (Å²) in [6, 6.07) is 3.40. The third-order valence-electron chi connectivity index (χ3n) is 2.50. The smallest absolute Gasteiger partial charge is 0.126 e. The minimum absolute atomic E-state index is 0.0288. The van der Waals surface area contributed by atoms with Gasteiger partial charge in [0.2, 0.25) is 0 Å². The topological polar surface area (TPSA) is 9.23 Å². The first kappa shape index (κ1) is 14.8. The van der Waals surface area contributed by atoms with E-state index >= 15 is 0 Å². The fraction of sp³-hybridized carbons (Fsp3) is 0.400. The van der Waals surface area contributed by atoms with Crippen molar-refractivity contribution < 1.29 is 13.5 Å². The van der Waals surface area contributed by atoms with Crippen LogP contribution in [-0.2, 0) is 4.74 Å². The van der Waals surface area contributed by atoms with Crippen molar-refractivity contribution in [1.82, 2.24) is 0 Å². The van der Waals surface area contributed by atoms with Gasteiger partial charge in [0.1, 0.15) is 11.6 Å². The predicted octanol–water partition coefficient (Wildman–Crippen LogP) is 4.39. The van der Waals surface area contributed by atoms with Crippen molar-refractivity contribution in [3.05, 3.63) is 48.4 Å². The molecule has 99 valence electrons. The van der Waals surface area contributed by atoms with Crippen molar-refractivity contribution >= 4 is 6.08 Å². The van der Waals surface area contributed by atoms with Crippen molar-refractivity contribution in [1.29, 1.82) is 0 Å². The Morgan fingerprint density at radius 3 is 2.56 bits per heavy atom. The third-order valence-corrected chi connectivity index (χ3v) is 2.50. The van der Waals surface area contributed by atoms with Gasteiger partial charge in [-0.15, -0.1) is 0 Å². The Bertz CT molecular complexity index is 368. The predicted molar refractivity (Wildman–Crippen MR) is 70.0 cm³/mol. The molecule has 3 heteroatoms. The summed E-state index contributed by atoms with van der Waals surface area (Å²) in [6.07, 6.45) is 6.48. The zero-order valence-corrected chi connectivity index (χ0v) is 10.7. The Hall–Kier alpha value is -1.22. The van der Waals surface area contributed by atoms with E-state index in [0.29, 0.717) is 12.2 Å². The first-order valence-electron chi connectivity index (χ1n) is 6.19. The molecule has 0 bridgehead atoms. The molecule has 1 unspecified atom stereocenters. The average molecular weight is 253 g/mol. The van der Waals surface area contributed by atoms with Gasteiger partial charge in [0.15, 0.2) is 0 Å². The van der Waals surface area contributed by atoms with Crippen LogP contribution in [0, 0.1) is 18.6 Å². The number of halogens is 2. The summed E-state index contributed by atoms with van der Waals surface area (Å²) >= 11 is 0. The third kappa shape index (κ3) is 5.92. The molecule has 0 heterocycles. The van der Waals surface area contributed by atoms with Gasteiger partial charge >= 0.3 is 0 Å². The average Bonchev–Trinajstić information content (AvgIpc) is 2.31. The van der Waals surface area contributed by atoms with E-state index < -0.39 is 11.6 Å². The number of ether oxygens (including phenoxy) is 1. The van der Waals surface area contributed by atoms with Gasteiger partial charge in [-0.2, -0.15) is 0 Å². The van der Waals surface area contributed by atoms with Crippen LogP contribution in [0.2, 0.25) is 0 Å². The van der Waals surface area contributed by atoms with Gasteiger partial charge < -0.3 is 4.74 Å². The Morgan fingerprint density at radius 2 is 1.94 bits per heavy atom. The quantitative estimate of drug-likeness (QED) is 0.700. The Morgan fingerprint density at radius 1 is 1.28 bits per heavy atom. The molecule has 1 aromatic rings. The van der Waals surface area contributed by atoms with E-state index in [1.807, 2.05) is 0 Å². The SMILES string of the molecule is [CH2]C(CCCC)OCC=Cc1cc(F)cc(F)c1. The molecular weight excluding hydrogens is 234 g/mol. The van der Waals surface area contributed by atoms with E-state index in [1.165, 1.54) is 12.1 Å². The zero-order valence-electron chi connectivity index (χ0n) is 10.7. The Labute approximate surface area is 107 Å². The minimum Gasteiger partial charge on any atom is -0.374 e. The highest BCUT2D eigenvalue weighted by molar-refractivity contribution is 5.49. The molecule has 0 aliphatic carbocycles. The Kier molecular flexibility index (Phi) is 6.58. The lowest BCUT2D eigenvalue weighted by Gasteiger charge is -2.09. The van der Waals surface area contributed by atoms with Crippen LogP contribution < -0.4 is 0 Å². The molecular formula is C15H19F2O. The van der Waals surface area contributed by atoms with Crippen molar-refractivity contribution in [2.24, 2.45) is 0 Å². The molecule has 0 aromatic heterocycles. The summed E-state index contributed by atoms with van der Waals surface area (Å²) < 4.78 is 31.2. The molecule has 1 nitrogen and oxygen atoms in total. The molecule has 0 aliphatic rings. The summed E-state index contributed by atoms with van der Waals surface area (Å²) in [7, 11) is 0. The lowest BCUT2D eigenvalue weighted by Crippen LogP contribution is -2.07. The van der Waals surface area contributed by atoms with Gasteiger partial charge in [0, 0.05) is 6.07 Å². The van der Waals surface area contributed by atoms with E-state index in [9.17, 15) is 8.78 Å². The van der Waals surface area contributed by atoms with Gasteiger partial charge in [-0.3, -0.25) is 0 Å². The molecule has 0 saturated carbocycles. The van der Waals surface area contributed by atoms with E-state index in [-0.39, 0.29) is 6.10 Å². The normalized spacial score (nSPS) is 13.1. The monoisotopic (exact) mass is 253 g/mol. The van der Waals surface area contributed by atoms with E-state index in [4.69, 9.17) is 4.74 Å². The second-order valence-corrected chi connectivity index (χ2v) is 4.20. The van der Waals surface area contributed by atoms with Crippen LogP contribution in [0.4, 0.5) is 8.78 Å². The lowest BCUT2D eigenvalue weighted by atomic mass is 10.2. The zero-order chi connectivity index (χ0) is 13.4. The van der Waals surface area contributed by atoms with Crippen molar-refractivity contribution in [3.63, 3.8) is 0 Å².